The zero-order valence-corrected chi connectivity index (χ0v) is 10.2. The zero-order valence-electron chi connectivity index (χ0n) is 8.69. The molecule has 0 radical (unpaired) electrons. The number of benzene rings is 1. The molecular formula is C10H11Cl2F3N2. The Labute approximate surface area is 107 Å². The minimum Gasteiger partial charge on any atom is -0.329 e. The molecule has 2 nitrogen and oxygen atoms in total. The van der Waals surface area contributed by atoms with Crippen LogP contribution in [-0.4, -0.2) is 19.3 Å². The Morgan fingerprint density at radius 2 is 1.76 bits per heavy atom. The lowest BCUT2D eigenvalue weighted by molar-refractivity contribution is -0.126. The SMILES string of the molecule is NCC(NCC(F)(F)F)c1c(Cl)cccc1Cl. The minimum absolute atomic E-state index is 0.0282. The average molecular weight is 287 g/mol. The lowest BCUT2D eigenvalue weighted by Gasteiger charge is -2.20. The maximum atomic E-state index is 12.1. The van der Waals surface area contributed by atoms with E-state index >= 15 is 0 Å². The van der Waals surface area contributed by atoms with E-state index < -0.39 is 18.8 Å². The molecule has 0 saturated carbocycles. The molecule has 0 amide bonds. The largest absolute Gasteiger partial charge is 0.401 e. The van der Waals surface area contributed by atoms with Crippen molar-refractivity contribution in [1.29, 1.82) is 0 Å². The second-order valence-corrected chi connectivity index (χ2v) is 4.23. The van der Waals surface area contributed by atoms with Crippen LogP contribution in [0.1, 0.15) is 11.6 Å². The molecule has 0 aromatic heterocycles. The highest BCUT2D eigenvalue weighted by molar-refractivity contribution is 6.36. The fourth-order valence-corrected chi connectivity index (χ4v) is 2.05. The van der Waals surface area contributed by atoms with Gasteiger partial charge in [0.1, 0.15) is 0 Å². The van der Waals surface area contributed by atoms with Gasteiger partial charge in [-0.2, -0.15) is 13.2 Å². The van der Waals surface area contributed by atoms with Crippen LogP contribution in [0.15, 0.2) is 18.2 Å². The van der Waals surface area contributed by atoms with Gasteiger partial charge in [0.15, 0.2) is 0 Å². The maximum Gasteiger partial charge on any atom is 0.401 e. The van der Waals surface area contributed by atoms with E-state index in [0.717, 1.165) is 0 Å². The van der Waals surface area contributed by atoms with Crippen molar-refractivity contribution >= 4 is 23.2 Å². The normalized spacial score (nSPS) is 13.8. The van der Waals surface area contributed by atoms with E-state index in [1.54, 1.807) is 18.2 Å². The fourth-order valence-electron chi connectivity index (χ4n) is 1.39. The number of nitrogens with one attached hydrogen (secondary N) is 1. The number of halogens is 5. The highest BCUT2D eigenvalue weighted by atomic mass is 35.5. The summed E-state index contributed by atoms with van der Waals surface area (Å²) in [6.45, 7) is -1.17. The van der Waals surface area contributed by atoms with Gasteiger partial charge >= 0.3 is 6.18 Å². The smallest absolute Gasteiger partial charge is 0.329 e. The summed E-state index contributed by atoms with van der Waals surface area (Å²) in [5.41, 5.74) is 5.82. The van der Waals surface area contributed by atoms with Crippen LogP contribution in [0, 0.1) is 0 Å². The van der Waals surface area contributed by atoms with Crippen molar-refractivity contribution in [2.24, 2.45) is 5.73 Å². The van der Waals surface area contributed by atoms with Crippen molar-refractivity contribution in [1.82, 2.24) is 5.32 Å². The van der Waals surface area contributed by atoms with Gasteiger partial charge in [0, 0.05) is 28.2 Å². The van der Waals surface area contributed by atoms with Gasteiger partial charge in [-0.3, -0.25) is 0 Å². The monoisotopic (exact) mass is 286 g/mol. The molecule has 0 aliphatic carbocycles. The molecule has 0 fully saturated rings. The van der Waals surface area contributed by atoms with E-state index in [-0.39, 0.29) is 6.54 Å². The topological polar surface area (TPSA) is 38.0 Å². The molecule has 0 saturated heterocycles. The second-order valence-electron chi connectivity index (χ2n) is 3.42. The first-order chi connectivity index (χ1) is 7.85. The second kappa shape index (κ2) is 5.91. The first kappa shape index (κ1) is 14.6. The number of nitrogens with two attached hydrogens (primary N) is 1. The maximum absolute atomic E-state index is 12.1. The van der Waals surface area contributed by atoms with Crippen molar-refractivity contribution in [3.63, 3.8) is 0 Å². The molecule has 1 rings (SSSR count). The van der Waals surface area contributed by atoms with E-state index in [9.17, 15) is 13.2 Å². The van der Waals surface area contributed by atoms with E-state index in [1.807, 2.05) is 0 Å². The molecular weight excluding hydrogens is 276 g/mol. The van der Waals surface area contributed by atoms with Gasteiger partial charge < -0.3 is 11.1 Å². The van der Waals surface area contributed by atoms with Crippen LogP contribution in [0.25, 0.3) is 0 Å². The summed E-state index contributed by atoms with van der Waals surface area (Å²) >= 11 is 11.8. The van der Waals surface area contributed by atoms with Gasteiger partial charge in [-0.05, 0) is 12.1 Å². The van der Waals surface area contributed by atoms with Gasteiger partial charge in [-0.15, -0.1) is 0 Å². The van der Waals surface area contributed by atoms with Crippen LogP contribution < -0.4 is 11.1 Å². The van der Waals surface area contributed by atoms with Crippen molar-refractivity contribution in [2.75, 3.05) is 13.1 Å². The Balaban J connectivity index is 2.87. The van der Waals surface area contributed by atoms with Crippen LogP contribution in [0.3, 0.4) is 0 Å². The third-order valence-corrected chi connectivity index (χ3v) is 2.79. The molecule has 0 aliphatic heterocycles. The van der Waals surface area contributed by atoms with Gasteiger partial charge in [0.2, 0.25) is 0 Å². The highest BCUT2D eigenvalue weighted by Gasteiger charge is 2.29. The van der Waals surface area contributed by atoms with Crippen molar-refractivity contribution < 1.29 is 13.2 Å². The molecule has 3 N–H and O–H groups in total. The number of rotatable bonds is 4. The van der Waals surface area contributed by atoms with Gasteiger partial charge in [-0.25, -0.2) is 0 Å². The molecule has 1 atom stereocenters. The first-order valence-electron chi connectivity index (χ1n) is 4.79. The molecule has 7 heteroatoms. The predicted molar refractivity (Wildman–Crippen MR) is 62.3 cm³/mol. The van der Waals surface area contributed by atoms with Crippen LogP contribution in [0.4, 0.5) is 13.2 Å². The average Bonchev–Trinajstić information content (AvgIpc) is 2.21. The Morgan fingerprint density at radius 3 is 2.18 bits per heavy atom. The molecule has 1 unspecified atom stereocenters. The molecule has 0 aliphatic rings. The molecule has 0 bridgehead atoms. The van der Waals surface area contributed by atoms with E-state index in [0.29, 0.717) is 15.6 Å². The highest BCUT2D eigenvalue weighted by Crippen LogP contribution is 2.30. The first-order valence-corrected chi connectivity index (χ1v) is 5.55. The van der Waals surface area contributed by atoms with Crippen molar-refractivity contribution in [2.45, 2.75) is 12.2 Å². The minimum atomic E-state index is -4.30. The third-order valence-electron chi connectivity index (χ3n) is 2.13. The number of alkyl halides is 3. The van der Waals surface area contributed by atoms with E-state index in [1.165, 1.54) is 0 Å². The predicted octanol–water partition coefficient (Wildman–Crippen LogP) is 3.15. The van der Waals surface area contributed by atoms with Gasteiger partial charge in [-0.1, -0.05) is 29.3 Å². The Hall–Kier alpha value is -0.490. The van der Waals surface area contributed by atoms with E-state index in [2.05, 4.69) is 5.32 Å². The van der Waals surface area contributed by atoms with Crippen LogP contribution >= 0.6 is 23.2 Å². The Bertz CT molecular complexity index is 362. The van der Waals surface area contributed by atoms with Gasteiger partial charge in [0.25, 0.3) is 0 Å². The molecule has 96 valence electrons. The zero-order chi connectivity index (χ0) is 13.1. The van der Waals surface area contributed by atoms with Gasteiger partial charge in [0.05, 0.1) is 6.54 Å². The molecule has 0 heterocycles. The lowest BCUT2D eigenvalue weighted by atomic mass is 10.1. The third kappa shape index (κ3) is 4.35. The lowest BCUT2D eigenvalue weighted by Crippen LogP contribution is -2.36. The summed E-state index contributed by atoms with van der Waals surface area (Å²) in [6, 6.07) is 4.00. The summed E-state index contributed by atoms with van der Waals surface area (Å²) in [6.07, 6.45) is -4.30. The fraction of sp³-hybridized carbons (Fsp3) is 0.400. The Kier molecular flexibility index (Phi) is 5.06. The van der Waals surface area contributed by atoms with Crippen LogP contribution in [0.2, 0.25) is 10.0 Å². The van der Waals surface area contributed by atoms with Crippen molar-refractivity contribution in [3.8, 4) is 0 Å². The van der Waals surface area contributed by atoms with E-state index in [4.69, 9.17) is 28.9 Å². The summed E-state index contributed by atoms with van der Waals surface area (Å²) in [5, 5.41) is 2.88. The summed E-state index contributed by atoms with van der Waals surface area (Å²) in [7, 11) is 0. The standard InChI is InChI=1S/C10H11Cl2F3N2/c11-6-2-1-3-7(12)9(6)8(4-16)17-5-10(13,14)15/h1-3,8,17H,4-5,16H2. The summed E-state index contributed by atoms with van der Waals surface area (Å²) < 4.78 is 36.3. The number of hydrogen-bond donors (Lipinski definition) is 2. The molecule has 1 aromatic carbocycles. The summed E-state index contributed by atoms with van der Waals surface area (Å²) in [4.78, 5) is 0. The number of hydrogen-bond acceptors (Lipinski definition) is 2. The Morgan fingerprint density at radius 1 is 1.24 bits per heavy atom. The van der Waals surface area contributed by atoms with Crippen LogP contribution in [0.5, 0.6) is 0 Å². The van der Waals surface area contributed by atoms with Crippen molar-refractivity contribution in [3.05, 3.63) is 33.8 Å². The molecule has 0 spiro atoms. The molecule has 17 heavy (non-hydrogen) atoms. The molecule has 1 aromatic rings. The quantitative estimate of drug-likeness (QED) is 0.892. The summed E-state index contributed by atoms with van der Waals surface area (Å²) in [5.74, 6) is 0. The van der Waals surface area contributed by atoms with Crippen LogP contribution in [-0.2, 0) is 0 Å².